The van der Waals surface area contributed by atoms with Crippen molar-refractivity contribution in [1.82, 2.24) is 4.90 Å². The van der Waals surface area contributed by atoms with E-state index in [2.05, 4.69) is 4.74 Å². The zero-order chi connectivity index (χ0) is 9.14. The minimum atomic E-state index is -0.377. The Morgan fingerprint density at radius 2 is 2.25 bits per heavy atom. The number of ether oxygens (including phenoxy) is 1. The number of esters is 1. The normalized spacial score (nSPS) is 22.5. The summed E-state index contributed by atoms with van der Waals surface area (Å²) < 4.78 is 4.57. The first-order chi connectivity index (χ1) is 5.66. The van der Waals surface area contributed by atoms with Crippen molar-refractivity contribution in [3.05, 3.63) is 0 Å². The molecule has 0 saturated carbocycles. The number of hydrogen-bond donors (Lipinski definition) is 0. The van der Waals surface area contributed by atoms with E-state index in [9.17, 15) is 9.59 Å². The maximum Gasteiger partial charge on any atom is 0.329 e. The zero-order valence-corrected chi connectivity index (χ0v) is 7.89. The van der Waals surface area contributed by atoms with Crippen LogP contribution in [0.5, 0.6) is 0 Å². The van der Waals surface area contributed by atoms with E-state index < -0.39 is 0 Å². The summed E-state index contributed by atoms with van der Waals surface area (Å²) in [6.07, 6.45) is 0. The summed E-state index contributed by atoms with van der Waals surface area (Å²) in [5.74, 6) is 0.840. The van der Waals surface area contributed by atoms with Crippen molar-refractivity contribution < 1.29 is 14.3 Å². The zero-order valence-electron chi connectivity index (χ0n) is 7.07. The smallest absolute Gasteiger partial charge is 0.329 e. The van der Waals surface area contributed by atoms with Crippen LogP contribution in [-0.2, 0) is 14.3 Å². The van der Waals surface area contributed by atoms with Gasteiger partial charge in [0, 0.05) is 12.7 Å². The van der Waals surface area contributed by atoms with Gasteiger partial charge in [0.1, 0.15) is 6.04 Å². The Kier molecular flexibility index (Phi) is 2.97. The highest BCUT2D eigenvalue weighted by Crippen LogP contribution is 2.21. The predicted octanol–water partition coefficient (Wildman–Crippen LogP) is 0.0808. The lowest BCUT2D eigenvalue weighted by Crippen LogP contribution is -2.41. The summed E-state index contributed by atoms with van der Waals surface area (Å²) in [7, 11) is 1.34. The van der Waals surface area contributed by atoms with Crippen LogP contribution in [-0.4, -0.2) is 41.6 Å². The first-order valence-corrected chi connectivity index (χ1v) is 4.75. The molecule has 0 aromatic carbocycles. The van der Waals surface area contributed by atoms with Crippen LogP contribution in [0.2, 0.25) is 0 Å². The Morgan fingerprint density at radius 3 is 2.75 bits per heavy atom. The molecule has 5 heteroatoms. The molecule has 0 bridgehead atoms. The van der Waals surface area contributed by atoms with Crippen LogP contribution >= 0.6 is 11.8 Å². The Labute approximate surface area is 75.2 Å². The molecule has 4 nitrogen and oxygen atoms in total. The standard InChI is InChI=1S/C7H11NO3S/c1-5(9)8-4-12-3-6(8)7(10)11-2/h6H,3-4H2,1-2H3/t6-/m0/s1. The van der Waals surface area contributed by atoms with E-state index in [1.165, 1.54) is 18.9 Å². The highest BCUT2D eigenvalue weighted by atomic mass is 32.2. The minimum Gasteiger partial charge on any atom is -0.467 e. The SMILES string of the molecule is COC(=O)[C@@H]1CSCN1C(C)=O. The Bertz CT molecular complexity index is 207. The molecule has 12 heavy (non-hydrogen) atoms. The van der Waals surface area contributed by atoms with Crippen LogP contribution in [0.15, 0.2) is 0 Å². The lowest BCUT2D eigenvalue weighted by Gasteiger charge is -2.19. The van der Waals surface area contributed by atoms with Gasteiger partial charge in [-0.25, -0.2) is 4.79 Å². The van der Waals surface area contributed by atoms with Gasteiger partial charge in [-0.3, -0.25) is 4.79 Å². The molecule has 0 radical (unpaired) electrons. The quantitative estimate of drug-likeness (QED) is 0.548. The van der Waals surface area contributed by atoms with Crippen molar-refractivity contribution in [2.24, 2.45) is 0 Å². The Balaban J connectivity index is 2.63. The summed E-state index contributed by atoms with van der Waals surface area (Å²) in [6, 6.07) is -0.377. The molecule has 1 aliphatic heterocycles. The Hall–Kier alpha value is -0.710. The van der Waals surface area contributed by atoms with Gasteiger partial charge < -0.3 is 9.64 Å². The monoisotopic (exact) mass is 189 g/mol. The molecule has 1 heterocycles. The molecule has 1 atom stereocenters. The molecule has 0 unspecified atom stereocenters. The Morgan fingerprint density at radius 1 is 1.58 bits per heavy atom. The molecule has 1 fully saturated rings. The molecule has 1 saturated heterocycles. The van der Waals surface area contributed by atoms with Gasteiger partial charge in [-0.1, -0.05) is 0 Å². The first kappa shape index (κ1) is 9.38. The van der Waals surface area contributed by atoms with Gasteiger partial charge in [0.15, 0.2) is 0 Å². The van der Waals surface area contributed by atoms with E-state index in [-0.39, 0.29) is 17.9 Å². The average molecular weight is 189 g/mol. The second kappa shape index (κ2) is 3.80. The third kappa shape index (κ3) is 1.72. The fraction of sp³-hybridized carbons (Fsp3) is 0.714. The first-order valence-electron chi connectivity index (χ1n) is 3.59. The van der Waals surface area contributed by atoms with Crippen molar-refractivity contribution in [2.45, 2.75) is 13.0 Å². The number of rotatable bonds is 1. The lowest BCUT2D eigenvalue weighted by molar-refractivity contribution is -0.149. The molecule has 0 aromatic rings. The average Bonchev–Trinajstić information content (AvgIpc) is 2.50. The minimum absolute atomic E-state index is 0.0737. The van der Waals surface area contributed by atoms with E-state index in [4.69, 9.17) is 0 Å². The van der Waals surface area contributed by atoms with E-state index in [0.717, 1.165) is 0 Å². The van der Waals surface area contributed by atoms with Crippen LogP contribution < -0.4 is 0 Å². The van der Waals surface area contributed by atoms with Crippen LogP contribution in [0, 0.1) is 0 Å². The number of thioether (sulfide) groups is 1. The fourth-order valence-electron chi connectivity index (χ4n) is 1.08. The number of nitrogens with zero attached hydrogens (tertiary/aromatic N) is 1. The number of hydrogen-bond acceptors (Lipinski definition) is 4. The van der Waals surface area contributed by atoms with E-state index >= 15 is 0 Å². The largest absolute Gasteiger partial charge is 0.467 e. The molecule has 1 rings (SSSR count). The molecule has 0 aromatic heterocycles. The van der Waals surface area contributed by atoms with E-state index in [1.54, 1.807) is 11.8 Å². The molecule has 1 aliphatic rings. The number of carbonyl (C=O) groups excluding carboxylic acids is 2. The number of carbonyl (C=O) groups is 2. The fourth-order valence-corrected chi connectivity index (χ4v) is 2.29. The summed E-state index contributed by atoms with van der Waals surface area (Å²) in [4.78, 5) is 23.6. The van der Waals surface area contributed by atoms with Gasteiger partial charge in [-0.15, -0.1) is 11.8 Å². The molecular weight excluding hydrogens is 178 g/mol. The predicted molar refractivity (Wildman–Crippen MR) is 45.6 cm³/mol. The molecule has 0 spiro atoms. The summed E-state index contributed by atoms with van der Waals surface area (Å²) in [6.45, 7) is 1.46. The molecule has 68 valence electrons. The van der Waals surface area contributed by atoms with E-state index in [0.29, 0.717) is 11.6 Å². The van der Waals surface area contributed by atoms with Gasteiger partial charge in [-0.2, -0.15) is 0 Å². The van der Waals surface area contributed by atoms with Crippen LogP contribution in [0.25, 0.3) is 0 Å². The van der Waals surface area contributed by atoms with Crippen molar-refractivity contribution in [1.29, 1.82) is 0 Å². The van der Waals surface area contributed by atoms with Crippen molar-refractivity contribution in [3.63, 3.8) is 0 Å². The van der Waals surface area contributed by atoms with Gasteiger partial charge >= 0.3 is 5.97 Å². The third-order valence-electron chi connectivity index (χ3n) is 1.76. The second-order valence-corrected chi connectivity index (χ2v) is 3.53. The topological polar surface area (TPSA) is 46.6 Å². The maximum absolute atomic E-state index is 11.1. The summed E-state index contributed by atoms with van der Waals surface area (Å²) in [5.41, 5.74) is 0. The highest BCUT2D eigenvalue weighted by Gasteiger charge is 2.33. The van der Waals surface area contributed by atoms with Gasteiger partial charge in [0.2, 0.25) is 5.91 Å². The molecule has 0 aliphatic carbocycles. The third-order valence-corrected chi connectivity index (χ3v) is 2.77. The lowest BCUT2D eigenvalue weighted by atomic mass is 10.3. The molecule has 0 N–H and O–H groups in total. The van der Waals surface area contributed by atoms with Crippen molar-refractivity contribution in [2.75, 3.05) is 18.7 Å². The number of methoxy groups -OCH3 is 1. The van der Waals surface area contributed by atoms with Crippen molar-refractivity contribution >= 4 is 23.6 Å². The van der Waals surface area contributed by atoms with Gasteiger partial charge in [0.25, 0.3) is 0 Å². The van der Waals surface area contributed by atoms with Crippen molar-refractivity contribution in [3.8, 4) is 0 Å². The molecular formula is C7H11NO3S. The van der Waals surface area contributed by atoms with Gasteiger partial charge in [0.05, 0.1) is 13.0 Å². The van der Waals surface area contributed by atoms with Crippen LogP contribution in [0.1, 0.15) is 6.92 Å². The summed E-state index contributed by atoms with van der Waals surface area (Å²) >= 11 is 1.57. The molecule has 1 amide bonds. The van der Waals surface area contributed by atoms with Crippen LogP contribution in [0.4, 0.5) is 0 Å². The van der Waals surface area contributed by atoms with Crippen LogP contribution in [0.3, 0.4) is 0 Å². The second-order valence-electron chi connectivity index (χ2n) is 2.53. The summed E-state index contributed by atoms with van der Waals surface area (Å²) in [5, 5.41) is 0. The van der Waals surface area contributed by atoms with Gasteiger partial charge in [-0.05, 0) is 0 Å². The number of amides is 1. The highest BCUT2D eigenvalue weighted by molar-refractivity contribution is 7.99. The van der Waals surface area contributed by atoms with E-state index in [1.807, 2.05) is 0 Å². The maximum atomic E-state index is 11.1.